The molecular weight excluding hydrogens is 229 g/mol. The number of halogens is 1. The molecule has 2 rings (SSSR count). The summed E-state index contributed by atoms with van der Waals surface area (Å²) in [4.78, 5) is 4.03. The third-order valence-electron chi connectivity index (χ3n) is 2.71. The largest absolute Gasteiger partial charge is 0.379 e. The number of nitrogens with one attached hydrogen (secondary N) is 1. The number of nitrogens with zero attached hydrogens (tertiary/aromatic N) is 2. The quantitative estimate of drug-likeness (QED) is 0.898. The third-order valence-corrected chi connectivity index (χ3v) is 2.71. The van der Waals surface area contributed by atoms with Crippen molar-refractivity contribution in [1.29, 1.82) is 5.26 Å². The maximum absolute atomic E-state index is 13.6. The Morgan fingerprint density at radius 1 is 1.39 bits per heavy atom. The van der Waals surface area contributed by atoms with Crippen molar-refractivity contribution in [3.63, 3.8) is 0 Å². The van der Waals surface area contributed by atoms with Crippen LogP contribution in [0.25, 0.3) is 0 Å². The molecule has 0 unspecified atom stereocenters. The molecule has 4 heteroatoms. The zero-order valence-corrected chi connectivity index (χ0v) is 9.94. The first-order chi connectivity index (χ1) is 8.70. The number of nitriles is 1. The highest BCUT2D eigenvalue weighted by atomic mass is 19.1. The van der Waals surface area contributed by atoms with Gasteiger partial charge in [0.2, 0.25) is 0 Å². The van der Waals surface area contributed by atoms with E-state index >= 15 is 0 Å². The lowest BCUT2D eigenvalue weighted by Crippen LogP contribution is -2.03. The maximum atomic E-state index is 13.6. The van der Waals surface area contributed by atoms with E-state index in [0.717, 1.165) is 11.1 Å². The molecule has 0 saturated carbocycles. The van der Waals surface area contributed by atoms with Gasteiger partial charge in [-0.1, -0.05) is 0 Å². The molecule has 1 aromatic heterocycles. The summed E-state index contributed by atoms with van der Waals surface area (Å²) >= 11 is 0. The molecule has 0 saturated heterocycles. The van der Waals surface area contributed by atoms with Crippen LogP contribution in [0.2, 0.25) is 0 Å². The Morgan fingerprint density at radius 3 is 2.89 bits per heavy atom. The number of hydrogen-bond donors (Lipinski definition) is 1. The van der Waals surface area contributed by atoms with E-state index in [0.29, 0.717) is 17.8 Å². The maximum Gasteiger partial charge on any atom is 0.147 e. The molecule has 2 aromatic rings. The van der Waals surface area contributed by atoms with E-state index < -0.39 is 5.82 Å². The Bertz CT molecular complexity index is 602. The summed E-state index contributed by atoms with van der Waals surface area (Å²) in [6, 6.07) is 8.18. The third kappa shape index (κ3) is 2.64. The van der Waals surface area contributed by atoms with Crippen LogP contribution in [-0.2, 0) is 6.54 Å². The van der Waals surface area contributed by atoms with Crippen LogP contribution in [-0.4, -0.2) is 4.98 Å². The van der Waals surface area contributed by atoms with Crippen molar-refractivity contribution in [1.82, 2.24) is 4.98 Å². The molecule has 1 N–H and O–H groups in total. The molecule has 0 aliphatic rings. The van der Waals surface area contributed by atoms with Crippen LogP contribution in [0.5, 0.6) is 0 Å². The number of rotatable bonds is 3. The summed E-state index contributed by atoms with van der Waals surface area (Å²) in [5.74, 6) is -0.421. The predicted octanol–water partition coefficient (Wildman–Crippen LogP) is 3.01. The van der Waals surface area contributed by atoms with Gasteiger partial charge in [0, 0.05) is 18.9 Å². The van der Waals surface area contributed by atoms with Gasteiger partial charge in [0.15, 0.2) is 0 Å². The van der Waals surface area contributed by atoms with Gasteiger partial charge in [0.1, 0.15) is 5.82 Å². The Kier molecular flexibility index (Phi) is 3.54. The van der Waals surface area contributed by atoms with E-state index in [9.17, 15) is 4.39 Å². The molecular formula is C14H12FN3. The number of benzene rings is 1. The number of aromatic nitrogens is 1. The lowest BCUT2D eigenvalue weighted by molar-refractivity contribution is 0.629. The highest BCUT2D eigenvalue weighted by Gasteiger charge is 2.04. The van der Waals surface area contributed by atoms with Gasteiger partial charge in [0.05, 0.1) is 17.3 Å². The van der Waals surface area contributed by atoms with Gasteiger partial charge in [-0.3, -0.25) is 4.98 Å². The molecule has 18 heavy (non-hydrogen) atoms. The van der Waals surface area contributed by atoms with Gasteiger partial charge in [0.25, 0.3) is 0 Å². The number of pyridine rings is 1. The van der Waals surface area contributed by atoms with Crippen LogP contribution in [0.4, 0.5) is 10.1 Å². The van der Waals surface area contributed by atoms with Gasteiger partial charge in [-0.05, 0) is 42.3 Å². The van der Waals surface area contributed by atoms with Gasteiger partial charge >= 0.3 is 0 Å². The highest BCUT2D eigenvalue weighted by Crippen LogP contribution is 2.17. The number of aryl methyl sites for hydroxylation is 1. The summed E-state index contributed by atoms with van der Waals surface area (Å²) in [5.41, 5.74) is 2.82. The summed E-state index contributed by atoms with van der Waals surface area (Å²) < 4.78 is 13.6. The second kappa shape index (κ2) is 5.28. The fourth-order valence-corrected chi connectivity index (χ4v) is 1.60. The van der Waals surface area contributed by atoms with E-state index in [1.54, 1.807) is 24.5 Å². The predicted molar refractivity (Wildman–Crippen MR) is 67.4 cm³/mol. The van der Waals surface area contributed by atoms with Crippen molar-refractivity contribution >= 4 is 5.69 Å². The molecule has 0 aliphatic heterocycles. The van der Waals surface area contributed by atoms with Crippen molar-refractivity contribution in [3.05, 3.63) is 59.2 Å². The van der Waals surface area contributed by atoms with Crippen LogP contribution < -0.4 is 5.32 Å². The van der Waals surface area contributed by atoms with E-state index in [2.05, 4.69) is 10.3 Å². The average Bonchev–Trinajstić information content (AvgIpc) is 2.39. The van der Waals surface area contributed by atoms with Crippen molar-refractivity contribution in [3.8, 4) is 6.07 Å². The van der Waals surface area contributed by atoms with Crippen molar-refractivity contribution in [2.24, 2.45) is 0 Å². The second-order valence-corrected chi connectivity index (χ2v) is 3.96. The summed E-state index contributed by atoms with van der Waals surface area (Å²) in [7, 11) is 0. The first-order valence-electron chi connectivity index (χ1n) is 5.53. The monoisotopic (exact) mass is 241 g/mol. The molecule has 90 valence electrons. The minimum Gasteiger partial charge on any atom is -0.379 e. The summed E-state index contributed by atoms with van der Waals surface area (Å²) in [5, 5.41) is 11.6. The van der Waals surface area contributed by atoms with Crippen LogP contribution in [0.3, 0.4) is 0 Å². The molecule has 1 aromatic carbocycles. The standard InChI is InChI=1S/C14H12FN3/c1-10-4-5-17-8-12(10)9-18-14-3-2-11(7-16)6-13(14)15/h2-6,8,18H,9H2,1H3. The fraction of sp³-hybridized carbons (Fsp3) is 0.143. The minimum absolute atomic E-state index is 0.315. The van der Waals surface area contributed by atoms with Crippen molar-refractivity contribution in [2.75, 3.05) is 5.32 Å². The van der Waals surface area contributed by atoms with Crippen LogP contribution in [0.1, 0.15) is 16.7 Å². The van der Waals surface area contributed by atoms with Gasteiger partial charge < -0.3 is 5.32 Å². The van der Waals surface area contributed by atoms with Crippen LogP contribution in [0, 0.1) is 24.1 Å². The van der Waals surface area contributed by atoms with Crippen LogP contribution >= 0.6 is 0 Å². The fourth-order valence-electron chi connectivity index (χ4n) is 1.60. The zero-order valence-electron chi connectivity index (χ0n) is 9.94. The van der Waals surface area contributed by atoms with E-state index in [1.165, 1.54) is 6.07 Å². The molecule has 1 heterocycles. The molecule has 0 fully saturated rings. The Hall–Kier alpha value is -2.41. The zero-order chi connectivity index (χ0) is 13.0. The van der Waals surface area contributed by atoms with E-state index in [1.807, 2.05) is 19.1 Å². The first kappa shape index (κ1) is 12.1. The van der Waals surface area contributed by atoms with Crippen molar-refractivity contribution < 1.29 is 4.39 Å². The molecule has 3 nitrogen and oxygen atoms in total. The minimum atomic E-state index is -0.421. The number of anilines is 1. The molecule has 0 atom stereocenters. The van der Waals surface area contributed by atoms with Gasteiger partial charge in [-0.15, -0.1) is 0 Å². The normalized spacial score (nSPS) is 9.83. The Morgan fingerprint density at radius 2 is 2.22 bits per heavy atom. The average molecular weight is 241 g/mol. The lowest BCUT2D eigenvalue weighted by Gasteiger charge is -2.09. The van der Waals surface area contributed by atoms with Crippen molar-refractivity contribution in [2.45, 2.75) is 13.5 Å². The Balaban J connectivity index is 2.12. The smallest absolute Gasteiger partial charge is 0.147 e. The summed E-state index contributed by atoms with van der Waals surface area (Å²) in [6.45, 7) is 2.48. The van der Waals surface area contributed by atoms with E-state index in [-0.39, 0.29) is 0 Å². The van der Waals surface area contributed by atoms with Gasteiger partial charge in [-0.25, -0.2) is 4.39 Å². The van der Waals surface area contributed by atoms with Crippen LogP contribution in [0.15, 0.2) is 36.7 Å². The summed E-state index contributed by atoms with van der Waals surface area (Å²) in [6.07, 6.45) is 3.48. The molecule has 0 amide bonds. The first-order valence-corrected chi connectivity index (χ1v) is 5.53. The van der Waals surface area contributed by atoms with E-state index in [4.69, 9.17) is 5.26 Å². The highest BCUT2D eigenvalue weighted by molar-refractivity contribution is 5.49. The Labute approximate surface area is 105 Å². The molecule has 0 bridgehead atoms. The molecule has 0 aliphatic carbocycles. The topological polar surface area (TPSA) is 48.7 Å². The van der Waals surface area contributed by atoms with Gasteiger partial charge in [-0.2, -0.15) is 5.26 Å². The lowest BCUT2D eigenvalue weighted by atomic mass is 10.1. The SMILES string of the molecule is Cc1ccncc1CNc1ccc(C#N)cc1F. The number of hydrogen-bond acceptors (Lipinski definition) is 3. The molecule has 0 radical (unpaired) electrons. The second-order valence-electron chi connectivity index (χ2n) is 3.96. The molecule has 0 spiro atoms.